The smallest absolute Gasteiger partial charge is 0.227 e. The molecule has 1 heterocycles. The lowest BCUT2D eigenvalue weighted by molar-refractivity contribution is -0.917. The van der Waals surface area contributed by atoms with Gasteiger partial charge in [-0.25, -0.2) is 0 Å². The zero-order valence-electron chi connectivity index (χ0n) is 14.2. The average molecular weight is 325 g/mol. The van der Waals surface area contributed by atoms with Crippen LogP contribution in [0.25, 0.3) is 0 Å². The van der Waals surface area contributed by atoms with Crippen LogP contribution in [0.4, 0.5) is 0 Å². The lowest BCUT2D eigenvalue weighted by Crippen LogP contribution is -3.13. The van der Waals surface area contributed by atoms with Crippen LogP contribution < -0.4 is 9.64 Å². The Morgan fingerprint density at radius 3 is 2.42 bits per heavy atom. The second-order valence-corrected chi connectivity index (χ2v) is 6.28. The van der Waals surface area contributed by atoms with E-state index in [-0.39, 0.29) is 5.91 Å². The van der Waals surface area contributed by atoms with Gasteiger partial charge in [-0.3, -0.25) is 4.79 Å². The van der Waals surface area contributed by atoms with Crippen molar-refractivity contribution in [2.45, 2.75) is 13.0 Å². The standard InChI is InChI=1S/C20H24N2O2/c1-24-19-10-6-5-9-18(19)15-20(23)22-13-11-21(12-14-22)16-17-7-3-2-4-8-17/h2-10H,11-16H2,1H3/p+1. The Morgan fingerprint density at radius 1 is 1.04 bits per heavy atom. The van der Waals surface area contributed by atoms with Gasteiger partial charge < -0.3 is 14.5 Å². The maximum Gasteiger partial charge on any atom is 0.227 e. The predicted molar refractivity (Wildman–Crippen MR) is 94.1 cm³/mol. The summed E-state index contributed by atoms with van der Waals surface area (Å²) in [5.74, 6) is 0.984. The summed E-state index contributed by atoms with van der Waals surface area (Å²) in [6.07, 6.45) is 0.415. The zero-order valence-corrected chi connectivity index (χ0v) is 14.2. The van der Waals surface area contributed by atoms with Gasteiger partial charge in [0.2, 0.25) is 5.91 Å². The highest BCUT2D eigenvalue weighted by Gasteiger charge is 2.24. The minimum absolute atomic E-state index is 0.193. The van der Waals surface area contributed by atoms with Crippen molar-refractivity contribution in [2.75, 3.05) is 33.3 Å². The number of hydrogen-bond acceptors (Lipinski definition) is 2. The number of carbonyl (C=O) groups is 1. The molecule has 0 atom stereocenters. The first kappa shape index (κ1) is 16.5. The quantitative estimate of drug-likeness (QED) is 0.895. The first-order chi connectivity index (χ1) is 11.8. The third-order valence-electron chi connectivity index (χ3n) is 4.65. The molecule has 0 radical (unpaired) electrons. The molecule has 1 aliphatic heterocycles. The molecule has 0 saturated carbocycles. The van der Waals surface area contributed by atoms with Crippen molar-refractivity contribution in [3.63, 3.8) is 0 Å². The summed E-state index contributed by atoms with van der Waals surface area (Å²) < 4.78 is 5.34. The average Bonchev–Trinajstić information content (AvgIpc) is 2.63. The molecule has 0 spiro atoms. The number of quaternary nitrogens is 1. The van der Waals surface area contributed by atoms with Gasteiger partial charge in [0, 0.05) is 11.1 Å². The Morgan fingerprint density at radius 2 is 1.71 bits per heavy atom. The van der Waals surface area contributed by atoms with E-state index in [1.54, 1.807) is 12.0 Å². The van der Waals surface area contributed by atoms with Gasteiger partial charge in [-0.05, 0) is 6.07 Å². The highest BCUT2D eigenvalue weighted by atomic mass is 16.5. The van der Waals surface area contributed by atoms with E-state index in [0.717, 1.165) is 44.0 Å². The van der Waals surface area contributed by atoms with E-state index in [0.29, 0.717) is 6.42 Å². The number of rotatable bonds is 5. The van der Waals surface area contributed by atoms with E-state index in [4.69, 9.17) is 4.74 Å². The van der Waals surface area contributed by atoms with Crippen molar-refractivity contribution in [1.82, 2.24) is 4.90 Å². The molecule has 0 aromatic heterocycles. The van der Waals surface area contributed by atoms with Gasteiger partial charge in [0.05, 0.1) is 39.7 Å². The molecule has 1 saturated heterocycles. The fraction of sp³-hybridized carbons (Fsp3) is 0.350. The van der Waals surface area contributed by atoms with E-state index in [1.165, 1.54) is 5.56 Å². The third kappa shape index (κ3) is 4.15. The molecule has 2 aromatic carbocycles. The summed E-state index contributed by atoms with van der Waals surface area (Å²) in [5, 5.41) is 0. The molecule has 126 valence electrons. The number of ether oxygens (including phenoxy) is 1. The summed E-state index contributed by atoms with van der Waals surface area (Å²) in [7, 11) is 1.65. The Kier molecular flexibility index (Phi) is 5.49. The van der Waals surface area contributed by atoms with Crippen LogP contribution in [0.3, 0.4) is 0 Å². The molecule has 4 nitrogen and oxygen atoms in total. The molecule has 1 N–H and O–H groups in total. The number of piperazine rings is 1. The molecule has 1 fully saturated rings. The number of hydrogen-bond donors (Lipinski definition) is 1. The third-order valence-corrected chi connectivity index (χ3v) is 4.65. The van der Waals surface area contributed by atoms with Crippen LogP contribution in [0, 0.1) is 0 Å². The number of carbonyl (C=O) groups excluding carboxylic acids is 1. The number of methoxy groups -OCH3 is 1. The van der Waals surface area contributed by atoms with Crippen molar-refractivity contribution in [2.24, 2.45) is 0 Å². The van der Waals surface area contributed by atoms with E-state index in [2.05, 4.69) is 24.3 Å². The van der Waals surface area contributed by atoms with Crippen LogP contribution in [-0.2, 0) is 17.8 Å². The van der Waals surface area contributed by atoms with Gasteiger partial charge in [-0.2, -0.15) is 0 Å². The molecule has 4 heteroatoms. The molecule has 24 heavy (non-hydrogen) atoms. The van der Waals surface area contributed by atoms with Gasteiger partial charge >= 0.3 is 0 Å². The van der Waals surface area contributed by atoms with Crippen LogP contribution in [0.2, 0.25) is 0 Å². The summed E-state index contributed by atoms with van der Waals surface area (Å²) in [4.78, 5) is 16.1. The number of para-hydroxylation sites is 1. The van der Waals surface area contributed by atoms with Gasteiger partial charge in [-0.15, -0.1) is 0 Å². The van der Waals surface area contributed by atoms with Gasteiger partial charge in [0.1, 0.15) is 12.3 Å². The second-order valence-electron chi connectivity index (χ2n) is 6.28. The molecular weight excluding hydrogens is 300 g/mol. The molecule has 1 amide bonds. The van der Waals surface area contributed by atoms with Crippen molar-refractivity contribution in [3.05, 3.63) is 65.7 Å². The minimum atomic E-state index is 0.193. The summed E-state index contributed by atoms with van der Waals surface area (Å²) in [6, 6.07) is 18.3. The molecule has 0 unspecified atom stereocenters. The van der Waals surface area contributed by atoms with E-state index in [1.807, 2.05) is 35.2 Å². The Hall–Kier alpha value is -2.33. The van der Waals surface area contributed by atoms with Crippen LogP contribution in [0.15, 0.2) is 54.6 Å². The number of amides is 1. The van der Waals surface area contributed by atoms with Crippen LogP contribution in [-0.4, -0.2) is 44.1 Å². The van der Waals surface area contributed by atoms with E-state index in [9.17, 15) is 4.79 Å². The topological polar surface area (TPSA) is 34.0 Å². The molecular formula is C20H25N2O2+. The first-order valence-corrected chi connectivity index (χ1v) is 8.53. The number of benzene rings is 2. The maximum atomic E-state index is 12.6. The van der Waals surface area contributed by atoms with Crippen LogP contribution in [0.5, 0.6) is 5.75 Å². The van der Waals surface area contributed by atoms with E-state index < -0.39 is 0 Å². The van der Waals surface area contributed by atoms with Crippen molar-refractivity contribution >= 4 is 5.91 Å². The van der Waals surface area contributed by atoms with Crippen LogP contribution in [0.1, 0.15) is 11.1 Å². The Balaban J connectivity index is 1.52. The van der Waals surface area contributed by atoms with Crippen molar-refractivity contribution < 1.29 is 14.4 Å². The van der Waals surface area contributed by atoms with Gasteiger partial charge in [0.25, 0.3) is 0 Å². The molecule has 0 bridgehead atoms. The molecule has 1 aliphatic rings. The largest absolute Gasteiger partial charge is 0.496 e. The van der Waals surface area contributed by atoms with Gasteiger partial charge in [-0.1, -0.05) is 48.5 Å². The second kappa shape index (κ2) is 7.97. The van der Waals surface area contributed by atoms with Crippen LogP contribution >= 0.6 is 0 Å². The normalized spacial score (nSPS) is 15.3. The first-order valence-electron chi connectivity index (χ1n) is 8.53. The predicted octanol–water partition coefficient (Wildman–Crippen LogP) is 1.17. The Bertz CT molecular complexity index is 664. The molecule has 0 aliphatic carbocycles. The maximum absolute atomic E-state index is 12.6. The fourth-order valence-corrected chi connectivity index (χ4v) is 3.26. The number of nitrogens with zero attached hydrogens (tertiary/aromatic N) is 1. The zero-order chi connectivity index (χ0) is 16.8. The lowest BCUT2D eigenvalue weighted by atomic mass is 10.1. The summed E-state index contributed by atoms with van der Waals surface area (Å²) in [6.45, 7) is 4.71. The van der Waals surface area contributed by atoms with Gasteiger partial charge in [0.15, 0.2) is 0 Å². The Labute approximate surface area is 143 Å². The summed E-state index contributed by atoms with van der Waals surface area (Å²) in [5.41, 5.74) is 2.32. The number of nitrogens with one attached hydrogen (secondary N) is 1. The lowest BCUT2D eigenvalue weighted by Gasteiger charge is -2.32. The van der Waals surface area contributed by atoms with Crippen molar-refractivity contribution in [3.8, 4) is 5.75 Å². The van der Waals surface area contributed by atoms with E-state index >= 15 is 0 Å². The highest BCUT2D eigenvalue weighted by Crippen LogP contribution is 2.18. The van der Waals surface area contributed by atoms with Crippen molar-refractivity contribution in [1.29, 1.82) is 0 Å². The molecule has 2 aromatic rings. The fourth-order valence-electron chi connectivity index (χ4n) is 3.26. The minimum Gasteiger partial charge on any atom is -0.496 e. The highest BCUT2D eigenvalue weighted by molar-refractivity contribution is 5.79. The SMILES string of the molecule is COc1ccccc1CC(=O)N1CC[NH+](Cc2ccccc2)CC1. The molecule has 3 rings (SSSR count). The monoisotopic (exact) mass is 325 g/mol. The summed E-state index contributed by atoms with van der Waals surface area (Å²) >= 11 is 0.